The van der Waals surface area contributed by atoms with Crippen LogP contribution in [0.1, 0.15) is 5.56 Å². The second-order valence-electron chi connectivity index (χ2n) is 11.1. The third-order valence-electron chi connectivity index (χ3n) is 8.33. The number of rotatable bonds is 5. The van der Waals surface area contributed by atoms with Crippen LogP contribution in [0, 0.1) is 19.1 Å². The van der Waals surface area contributed by atoms with Gasteiger partial charge in [-0.25, -0.2) is 0 Å². The van der Waals surface area contributed by atoms with E-state index in [0.717, 1.165) is 61.0 Å². The minimum Gasteiger partial charge on any atom is -0.500 e. The Labute approximate surface area is 264 Å². The summed E-state index contributed by atoms with van der Waals surface area (Å²) in [5.41, 5.74) is 13.1. The van der Waals surface area contributed by atoms with Crippen molar-refractivity contribution in [2.24, 2.45) is 0 Å². The van der Waals surface area contributed by atoms with Crippen molar-refractivity contribution in [3.05, 3.63) is 176 Å². The van der Waals surface area contributed by atoms with E-state index in [1.165, 1.54) is 11.1 Å². The van der Waals surface area contributed by atoms with Crippen LogP contribution in [-0.4, -0.2) is 10.1 Å². The average Bonchev–Trinajstić information content (AvgIpc) is 3.20. The summed E-state index contributed by atoms with van der Waals surface area (Å²) in [5, 5.41) is 11.6. The molecule has 0 aliphatic heterocycles. The van der Waals surface area contributed by atoms with Crippen molar-refractivity contribution in [1.29, 1.82) is 0 Å². The van der Waals surface area contributed by atoms with Crippen molar-refractivity contribution in [1.82, 2.24) is 4.98 Å². The monoisotopic (exact) mass is 577 g/mol. The van der Waals surface area contributed by atoms with Crippen molar-refractivity contribution in [2.45, 2.75) is 6.92 Å². The van der Waals surface area contributed by atoms with Crippen molar-refractivity contribution in [3.63, 3.8) is 0 Å². The number of H-pyrrole nitrogens is 1. The van der Waals surface area contributed by atoms with Crippen LogP contribution in [-0.2, 0) is 0 Å². The number of hydrogen-bond donors (Lipinski definition) is 2. The van der Waals surface area contributed by atoms with Gasteiger partial charge >= 0.3 is 0 Å². The van der Waals surface area contributed by atoms with Gasteiger partial charge in [-0.05, 0) is 104 Å². The first kappa shape index (κ1) is 27.8. The molecule has 2 nitrogen and oxygen atoms in total. The quantitative estimate of drug-likeness (QED) is 0.210. The molecule has 0 saturated carbocycles. The fourth-order valence-corrected chi connectivity index (χ4v) is 5.91. The Morgan fingerprint density at radius 3 is 1.78 bits per heavy atom. The molecule has 2 N–H and O–H groups in total. The fourth-order valence-electron chi connectivity index (χ4n) is 5.91. The predicted molar refractivity (Wildman–Crippen MR) is 187 cm³/mol. The van der Waals surface area contributed by atoms with Crippen LogP contribution in [0.5, 0.6) is 5.75 Å². The summed E-state index contributed by atoms with van der Waals surface area (Å²) in [6, 6.07) is 58.3. The number of aromatic nitrogens is 1. The molecule has 0 bridgehead atoms. The van der Waals surface area contributed by atoms with E-state index in [-0.39, 0.29) is 5.75 Å². The molecule has 2 heteroatoms. The first-order chi connectivity index (χ1) is 22.1. The smallest absolute Gasteiger partial charge is 0.175 e. The molecule has 0 radical (unpaired) electrons. The second kappa shape index (κ2) is 12.3. The Morgan fingerprint density at radius 1 is 0.489 bits per heavy atom. The van der Waals surface area contributed by atoms with Crippen LogP contribution in [0.25, 0.3) is 66.5 Å². The van der Waals surface area contributed by atoms with Gasteiger partial charge in [0.1, 0.15) is 0 Å². The van der Waals surface area contributed by atoms with Crippen LogP contribution in [0.15, 0.2) is 158 Å². The van der Waals surface area contributed by atoms with Gasteiger partial charge in [-0.1, -0.05) is 127 Å². The lowest BCUT2D eigenvalue weighted by Gasteiger charge is -2.14. The molecule has 0 atom stereocenters. The van der Waals surface area contributed by atoms with Crippen LogP contribution < -0.4 is 0 Å². The summed E-state index contributed by atoms with van der Waals surface area (Å²) in [7, 11) is 0. The second-order valence-corrected chi connectivity index (χ2v) is 11.1. The van der Waals surface area contributed by atoms with E-state index in [1.54, 1.807) is 6.07 Å². The lowest BCUT2D eigenvalue weighted by Crippen LogP contribution is -1.89. The van der Waals surface area contributed by atoms with Gasteiger partial charge in [-0.3, -0.25) is 0 Å². The van der Waals surface area contributed by atoms with Gasteiger partial charge in [0.15, 0.2) is 5.75 Å². The zero-order chi connectivity index (χ0) is 30.6. The molecule has 0 aliphatic carbocycles. The van der Waals surface area contributed by atoms with Gasteiger partial charge in [-0.15, -0.1) is 0 Å². The molecular formula is C43H31NO. The molecule has 0 unspecified atom stereocenters. The molecule has 6 aromatic carbocycles. The maximum atomic E-state index is 10.4. The van der Waals surface area contributed by atoms with E-state index in [9.17, 15) is 5.11 Å². The molecule has 7 rings (SSSR count). The van der Waals surface area contributed by atoms with Gasteiger partial charge in [0.05, 0.1) is 0 Å². The minimum absolute atomic E-state index is 0.115. The van der Waals surface area contributed by atoms with E-state index in [2.05, 4.69) is 152 Å². The Kier molecular flexibility index (Phi) is 7.58. The summed E-state index contributed by atoms with van der Waals surface area (Å²) in [6.45, 7) is 2.10. The maximum Gasteiger partial charge on any atom is 0.175 e. The molecule has 45 heavy (non-hydrogen) atoms. The van der Waals surface area contributed by atoms with E-state index in [0.29, 0.717) is 0 Å². The number of aromatic amines is 1. The van der Waals surface area contributed by atoms with Crippen molar-refractivity contribution in [2.75, 3.05) is 0 Å². The van der Waals surface area contributed by atoms with Gasteiger partial charge < -0.3 is 10.1 Å². The number of aromatic hydroxyl groups is 1. The minimum atomic E-state index is 0.115. The summed E-state index contributed by atoms with van der Waals surface area (Å²) in [6.07, 6.45) is 2.07. The molecule has 0 amide bonds. The molecular weight excluding hydrogens is 546 g/mol. The molecule has 0 saturated heterocycles. The zero-order valence-electron chi connectivity index (χ0n) is 25.0. The van der Waals surface area contributed by atoms with Crippen molar-refractivity contribution < 1.29 is 5.11 Å². The van der Waals surface area contributed by atoms with E-state index in [1.807, 2.05) is 24.3 Å². The average molecular weight is 578 g/mol. The van der Waals surface area contributed by atoms with Gasteiger partial charge in [-0.2, -0.15) is 0 Å². The number of fused-ring (bicyclic) bond motifs is 1. The number of para-hydroxylation sites is 1. The van der Waals surface area contributed by atoms with Gasteiger partial charge in [0, 0.05) is 17.3 Å². The number of nitrogens with one attached hydrogen (secondary N) is 1. The highest BCUT2D eigenvalue weighted by Crippen LogP contribution is 2.37. The highest BCUT2D eigenvalue weighted by molar-refractivity contribution is 5.83. The normalized spacial score (nSPS) is 10.7. The van der Waals surface area contributed by atoms with E-state index >= 15 is 0 Å². The third-order valence-corrected chi connectivity index (χ3v) is 8.33. The molecule has 1 heterocycles. The highest BCUT2D eigenvalue weighted by Gasteiger charge is 2.12. The number of benzene rings is 5. The first-order valence-corrected chi connectivity index (χ1v) is 15.1. The van der Waals surface area contributed by atoms with Crippen molar-refractivity contribution in [3.8, 4) is 61.4 Å². The van der Waals surface area contributed by atoms with Crippen LogP contribution in [0.4, 0.5) is 0 Å². The summed E-state index contributed by atoms with van der Waals surface area (Å²) >= 11 is 0. The molecule has 214 valence electrons. The van der Waals surface area contributed by atoms with Gasteiger partial charge in [0.25, 0.3) is 0 Å². The summed E-state index contributed by atoms with van der Waals surface area (Å²) in [4.78, 5) is 3.48. The SMILES string of the molecule is Cc1c(-c2cccc(-c3cccc(-c4ccc(-c5ccccc6ccccc6[nH]c5)cc4)c3)c2)cccc1-c1ccc#cc1O. The fraction of sp³-hybridized carbons (Fsp3) is 0.0233. The van der Waals surface area contributed by atoms with E-state index < -0.39 is 0 Å². The topological polar surface area (TPSA) is 36.0 Å². The molecule has 7 aromatic rings. The zero-order valence-corrected chi connectivity index (χ0v) is 25.0. The highest BCUT2D eigenvalue weighted by atomic mass is 16.3. The molecule has 0 aliphatic rings. The van der Waals surface area contributed by atoms with E-state index in [4.69, 9.17) is 0 Å². The standard InChI is InChI=1S/C43H31NO/c1-30-39(19-10-20-40(30)41-18-5-7-22-43(41)45)37-17-9-16-36(28-37)35-15-8-14-34(27-35)31-23-25-32(26-24-31)38-13-3-2-11-33-12-4-6-21-42(33)44-29-38/h2-6,8-21,23-29,44-45H,1H3. The van der Waals surface area contributed by atoms with Crippen LogP contribution in [0.2, 0.25) is 0 Å². The lowest BCUT2D eigenvalue weighted by molar-refractivity contribution is 0.477. The summed E-state index contributed by atoms with van der Waals surface area (Å²) < 4.78 is 0. The molecule has 1 aromatic heterocycles. The summed E-state index contributed by atoms with van der Waals surface area (Å²) in [5.74, 6) is 0.115. The Bertz CT molecular complexity index is 2190. The first-order valence-electron chi connectivity index (χ1n) is 15.1. The predicted octanol–water partition coefficient (Wildman–Crippen LogP) is 11.2. The molecule has 0 fully saturated rings. The Morgan fingerprint density at radius 2 is 1.04 bits per heavy atom. The largest absolute Gasteiger partial charge is 0.500 e. The molecule has 0 spiro atoms. The lowest BCUT2D eigenvalue weighted by atomic mass is 9.91. The maximum absolute atomic E-state index is 10.4. The Balaban J connectivity index is 1.19. The third kappa shape index (κ3) is 5.80. The van der Waals surface area contributed by atoms with Gasteiger partial charge in [0.2, 0.25) is 0 Å². The van der Waals surface area contributed by atoms with Crippen LogP contribution in [0.3, 0.4) is 0 Å². The number of hydrogen-bond acceptors (Lipinski definition) is 1. The van der Waals surface area contributed by atoms with Crippen LogP contribution >= 0.6 is 0 Å². The van der Waals surface area contributed by atoms with Crippen molar-refractivity contribution >= 4 is 10.9 Å². The Hall–Kier alpha value is -6.04.